The molecule has 0 radical (unpaired) electrons. The van der Waals surface area contributed by atoms with Crippen LogP contribution >= 0.6 is 0 Å². The summed E-state index contributed by atoms with van der Waals surface area (Å²) >= 11 is 0. The van der Waals surface area contributed by atoms with Crippen LogP contribution in [0.5, 0.6) is 0 Å². The number of nitrogens with zero attached hydrogens (tertiary/aromatic N) is 2. The Labute approximate surface area is 178 Å². The number of hydrogen-bond acceptors (Lipinski definition) is 5. The summed E-state index contributed by atoms with van der Waals surface area (Å²) in [6.07, 6.45) is 2.13. The zero-order valence-electron chi connectivity index (χ0n) is 17.9. The molecule has 0 saturated carbocycles. The van der Waals surface area contributed by atoms with Crippen molar-refractivity contribution in [2.45, 2.75) is 26.8 Å². The minimum Gasteiger partial charge on any atom is -0.324 e. The maximum absolute atomic E-state index is 12.9. The number of nitrogens with one attached hydrogen (secondary N) is 1. The summed E-state index contributed by atoms with van der Waals surface area (Å²) < 4.78 is 50.6. The number of amides is 1. The summed E-state index contributed by atoms with van der Waals surface area (Å²) in [7, 11) is -5.79. The van der Waals surface area contributed by atoms with E-state index in [0.29, 0.717) is 17.1 Å². The van der Waals surface area contributed by atoms with E-state index in [1.807, 2.05) is 13.8 Å². The highest BCUT2D eigenvalue weighted by Gasteiger charge is 2.29. The van der Waals surface area contributed by atoms with E-state index in [0.717, 1.165) is 32.2 Å². The first-order valence-corrected chi connectivity index (χ1v) is 12.8. The van der Waals surface area contributed by atoms with Crippen LogP contribution in [0.15, 0.2) is 42.5 Å². The molecule has 0 unspecified atom stereocenters. The molecule has 0 saturated heterocycles. The highest BCUT2D eigenvalue weighted by Crippen LogP contribution is 2.25. The molecule has 10 heteroatoms. The van der Waals surface area contributed by atoms with Crippen molar-refractivity contribution >= 4 is 43.0 Å². The van der Waals surface area contributed by atoms with E-state index in [1.54, 1.807) is 36.4 Å². The van der Waals surface area contributed by atoms with Crippen LogP contribution in [0.2, 0.25) is 0 Å². The van der Waals surface area contributed by atoms with Crippen LogP contribution in [-0.4, -0.2) is 48.3 Å². The smallest absolute Gasteiger partial charge is 0.247 e. The zero-order valence-corrected chi connectivity index (χ0v) is 19.5. The molecule has 2 aromatic carbocycles. The van der Waals surface area contributed by atoms with Gasteiger partial charge < -0.3 is 5.32 Å². The van der Waals surface area contributed by atoms with Gasteiger partial charge in [-0.25, -0.2) is 16.8 Å². The van der Waals surface area contributed by atoms with Crippen LogP contribution in [0.25, 0.3) is 0 Å². The van der Waals surface area contributed by atoms with Crippen molar-refractivity contribution in [1.29, 1.82) is 0 Å². The Bertz CT molecular complexity index is 1160. The van der Waals surface area contributed by atoms with Crippen LogP contribution < -0.4 is 13.9 Å². The Kier molecular flexibility index (Phi) is 6.83. The number of aryl methyl sites for hydroxylation is 2. The predicted molar refractivity (Wildman–Crippen MR) is 121 cm³/mol. The average molecular weight is 454 g/mol. The topological polar surface area (TPSA) is 104 Å². The van der Waals surface area contributed by atoms with Gasteiger partial charge in [-0.15, -0.1) is 0 Å². The molecule has 1 atom stereocenters. The van der Waals surface area contributed by atoms with Crippen LogP contribution in [0.1, 0.15) is 18.1 Å². The van der Waals surface area contributed by atoms with E-state index in [4.69, 9.17) is 0 Å². The van der Waals surface area contributed by atoms with Crippen molar-refractivity contribution < 1.29 is 21.6 Å². The highest BCUT2D eigenvalue weighted by atomic mass is 32.2. The molecular weight excluding hydrogens is 426 g/mol. The van der Waals surface area contributed by atoms with Crippen LogP contribution in [0.4, 0.5) is 17.1 Å². The molecule has 30 heavy (non-hydrogen) atoms. The Morgan fingerprint density at radius 2 is 1.53 bits per heavy atom. The highest BCUT2D eigenvalue weighted by molar-refractivity contribution is 7.92. The van der Waals surface area contributed by atoms with Crippen molar-refractivity contribution in [3.8, 4) is 0 Å². The number of benzene rings is 2. The lowest BCUT2D eigenvalue weighted by Gasteiger charge is -2.29. The Balaban J connectivity index is 2.34. The van der Waals surface area contributed by atoms with Crippen molar-refractivity contribution in [1.82, 2.24) is 0 Å². The molecule has 0 aliphatic rings. The average Bonchev–Trinajstić information content (AvgIpc) is 2.62. The number of rotatable bonds is 7. The first kappa shape index (κ1) is 23.7. The number of hydrogen-bond donors (Lipinski definition) is 1. The molecule has 164 valence electrons. The summed E-state index contributed by atoms with van der Waals surface area (Å²) in [5.41, 5.74) is 3.04. The van der Waals surface area contributed by atoms with E-state index in [1.165, 1.54) is 20.0 Å². The largest absolute Gasteiger partial charge is 0.324 e. The van der Waals surface area contributed by atoms with E-state index in [9.17, 15) is 21.6 Å². The van der Waals surface area contributed by atoms with Crippen molar-refractivity contribution in [3.63, 3.8) is 0 Å². The lowest BCUT2D eigenvalue weighted by molar-refractivity contribution is -0.116. The van der Waals surface area contributed by atoms with E-state index >= 15 is 0 Å². The van der Waals surface area contributed by atoms with Gasteiger partial charge in [-0.2, -0.15) is 0 Å². The second-order valence-electron chi connectivity index (χ2n) is 7.27. The summed E-state index contributed by atoms with van der Waals surface area (Å²) in [4.78, 5) is 12.9. The second-order valence-corrected chi connectivity index (χ2v) is 11.1. The number of anilines is 3. The minimum atomic E-state index is -3.74. The van der Waals surface area contributed by atoms with Crippen molar-refractivity contribution in [2.24, 2.45) is 0 Å². The summed E-state index contributed by atoms with van der Waals surface area (Å²) in [5, 5.41) is 2.67. The summed E-state index contributed by atoms with van der Waals surface area (Å²) in [6.45, 7) is 5.28. The second kappa shape index (κ2) is 8.65. The van der Waals surface area contributed by atoms with Gasteiger partial charge in [0.05, 0.1) is 23.9 Å². The zero-order chi connectivity index (χ0) is 22.9. The van der Waals surface area contributed by atoms with Crippen molar-refractivity contribution in [3.05, 3.63) is 53.6 Å². The van der Waals surface area contributed by atoms with E-state index < -0.39 is 32.0 Å². The van der Waals surface area contributed by atoms with Crippen molar-refractivity contribution in [2.75, 3.05) is 33.5 Å². The van der Waals surface area contributed by atoms with Gasteiger partial charge in [0.25, 0.3) is 0 Å². The van der Waals surface area contributed by atoms with Crippen LogP contribution in [0.3, 0.4) is 0 Å². The Morgan fingerprint density at radius 3 is 2.07 bits per heavy atom. The fourth-order valence-corrected chi connectivity index (χ4v) is 4.55. The molecule has 2 rings (SSSR count). The first-order valence-electron chi connectivity index (χ1n) is 9.13. The lowest BCUT2D eigenvalue weighted by Crippen LogP contribution is -2.45. The van der Waals surface area contributed by atoms with Gasteiger partial charge in [-0.3, -0.25) is 13.4 Å². The minimum absolute atomic E-state index is 0.355. The standard InChI is InChI=1S/C20H27N3O5S2/c1-14-10-11-19(12-15(14)2)23(30(6,27)28)16(3)20(24)21-17-8-7-9-18(13-17)22(4)29(5,25)26/h7-13,16H,1-6H3,(H,21,24)/t16-/m0/s1. The Hall–Kier alpha value is -2.59. The summed E-state index contributed by atoms with van der Waals surface area (Å²) in [6, 6.07) is 10.5. The van der Waals surface area contributed by atoms with Gasteiger partial charge in [0.1, 0.15) is 6.04 Å². The molecule has 2 aromatic rings. The van der Waals surface area contributed by atoms with Crippen LogP contribution in [-0.2, 0) is 24.8 Å². The van der Waals surface area contributed by atoms with Gasteiger partial charge in [-0.05, 0) is 62.2 Å². The maximum Gasteiger partial charge on any atom is 0.247 e. The van der Waals surface area contributed by atoms with Gasteiger partial charge in [-0.1, -0.05) is 12.1 Å². The fraction of sp³-hybridized carbons (Fsp3) is 0.350. The van der Waals surface area contributed by atoms with E-state index in [2.05, 4.69) is 5.32 Å². The molecule has 1 N–H and O–H groups in total. The van der Waals surface area contributed by atoms with Gasteiger partial charge in [0.2, 0.25) is 26.0 Å². The normalized spacial score (nSPS) is 12.9. The molecule has 8 nitrogen and oxygen atoms in total. The quantitative estimate of drug-likeness (QED) is 0.694. The first-order chi connectivity index (χ1) is 13.7. The summed E-state index contributed by atoms with van der Waals surface area (Å²) in [5.74, 6) is -0.544. The predicted octanol–water partition coefficient (Wildman–Crippen LogP) is 2.49. The molecule has 0 bridgehead atoms. The Morgan fingerprint density at radius 1 is 0.900 bits per heavy atom. The third kappa shape index (κ3) is 5.51. The maximum atomic E-state index is 12.9. The van der Waals surface area contributed by atoms with Gasteiger partial charge >= 0.3 is 0 Å². The number of carbonyl (C=O) groups excluding carboxylic acids is 1. The monoisotopic (exact) mass is 453 g/mol. The van der Waals surface area contributed by atoms with Gasteiger partial charge in [0.15, 0.2) is 0 Å². The van der Waals surface area contributed by atoms with Gasteiger partial charge in [0, 0.05) is 12.7 Å². The molecule has 0 heterocycles. The molecule has 0 aliphatic carbocycles. The molecule has 0 spiro atoms. The molecular formula is C20H27N3O5S2. The lowest BCUT2D eigenvalue weighted by atomic mass is 10.1. The SMILES string of the molecule is Cc1ccc(N([C@@H](C)C(=O)Nc2cccc(N(C)S(C)(=O)=O)c2)S(C)(=O)=O)cc1C. The molecule has 1 amide bonds. The number of carbonyl (C=O) groups is 1. The number of sulfonamides is 2. The third-order valence-electron chi connectivity index (χ3n) is 4.81. The molecule has 0 aliphatic heterocycles. The van der Waals surface area contributed by atoms with E-state index in [-0.39, 0.29) is 0 Å². The van der Waals surface area contributed by atoms with Crippen LogP contribution in [0, 0.1) is 13.8 Å². The fourth-order valence-electron chi connectivity index (χ4n) is 2.89. The third-order valence-corrected chi connectivity index (χ3v) is 7.26. The molecule has 0 aromatic heterocycles. The molecule has 0 fully saturated rings.